The Balaban J connectivity index is 2.88. The van der Waals surface area contributed by atoms with Gasteiger partial charge in [-0.2, -0.15) is 0 Å². The Morgan fingerprint density at radius 1 is 1.46 bits per heavy atom. The molecule has 2 atom stereocenters. The Bertz CT molecular complexity index is 308. The molecule has 0 heterocycles. The zero-order valence-corrected chi connectivity index (χ0v) is 9.26. The minimum absolute atomic E-state index is 0.137. The van der Waals surface area contributed by atoms with Gasteiger partial charge in [-0.3, -0.25) is 0 Å². The van der Waals surface area contributed by atoms with E-state index in [4.69, 9.17) is 5.11 Å². The molecule has 1 rings (SSSR count). The molecule has 3 nitrogen and oxygen atoms in total. The monoisotopic (exact) mass is 243 g/mol. The van der Waals surface area contributed by atoms with Gasteiger partial charge in [0.05, 0.1) is 0 Å². The molecule has 2 unspecified atom stereocenters. The molecule has 0 aromatic heterocycles. The molecule has 0 aliphatic carbocycles. The Morgan fingerprint density at radius 2 is 2.00 bits per heavy atom. The van der Waals surface area contributed by atoms with E-state index >= 15 is 0 Å². The SMILES string of the molecule is CC(O)C[As](=O)([O-])c1ccccc1. The summed E-state index contributed by atoms with van der Waals surface area (Å²) in [7, 11) is 0. The van der Waals surface area contributed by atoms with Gasteiger partial charge in [-0.05, 0) is 0 Å². The van der Waals surface area contributed by atoms with Gasteiger partial charge in [-0.1, -0.05) is 0 Å². The molecule has 4 heteroatoms. The van der Waals surface area contributed by atoms with Crippen molar-refractivity contribution in [3.63, 3.8) is 0 Å². The third-order valence-electron chi connectivity index (χ3n) is 1.65. The average Bonchev–Trinajstić information content (AvgIpc) is 2.04. The molecule has 1 N–H and O–H groups in total. The van der Waals surface area contributed by atoms with Gasteiger partial charge >= 0.3 is 79.7 Å². The van der Waals surface area contributed by atoms with Crippen LogP contribution in [0.25, 0.3) is 0 Å². The molecule has 1 aromatic rings. The van der Waals surface area contributed by atoms with Crippen LogP contribution in [0, 0.1) is 0 Å². The Labute approximate surface area is 80.1 Å². The summed E-state index contributed by atoms with van der Waals surface area (Å²) in [6.45, 7) is 1.48. The molecule has 0 radical (unpaired) electrons. The molecule has 0 amide bonds. The van der Waals surface area contributed by atoms with E-state index in [9.17, 15) is 7.84 Å². The van der Waals surface area contributed by atoms with Crippen molar-refractivity contribution in [1.29, 1.82) is 0 Å². The van der Waals surface area contributed by atoms with E-state index in [0.717, 1.165) is 0 Å². The number of hydrogen-bond acceptors (Lipinski definition) is 3. The second-order valence-electron chi connectivity index (χ2n) is 3.04. The first kappa shape index (κ1) is 10.6. The Kier molecular flexibility index (Phi) is 3.37. The van der Waals surface area contributed by atoms with Crippen molar-refractivity contribution in [3.8, 4) is 0 Å². The van der Waals surface area contributed by atoms with Gasteiger partial charge in [-0.25, -0.2) is 0 Å². The summed E-state index contributed by atoms with van der Waals surface area (Å²) in [5, 5.41) is 8.86. The molecule has 0 fully saturated rings. The van der Waals surface area contributed by atoms with E-state index in [1.54, 1.807) is 30.3 Å². The fraction of sp³-hybridized carbons (Fsp3) is 0.333. The average molecular weight is 243 g/mol. The second-order valence-corrected chi connectivity index (χ2v) is 7.72. The fourth-order valence-corrected chi connectivity index (χ4v) is 4.32. The molecule has 0 bridgehead atoms. The van der Waals surface area contributed by atoms with Gasteiger partial charge in [0.2, 0.25) is 0 Å². The van der Waals surface area contributed by atoms with Crippen molar-refractivity contribution in [1.82, 2.24) is 0 Å². The summed E-state index contributed by atoms with van der Waals surface area (Å²) in [6, 6.07) is 8.26. The summed E-state index contributed by atoms with van der Waals surface area (Å²) >= 11 is -4.24. The van der Waals surface area contributed by atoms with Crippen molar-refractivity contribution in [2.24, 2.45) is 0 Å². The molecule has 1 aromatic carbocycles. The summed E-state index contributed by atoms with van der Waals surface area (Å²) in [5.41, 5.74) is 0. The zero-order chi connectivity index (χ0) is 9.90. The maximum atomic E-state index is 11.6. The van der Waals surface area contributed by atoms with Gasteiger partial charge in [0.1, 0.15) is 0 Å². The first-order valence-electron chi connectivity index (χ1n) is 4.06. The summed E-state index contributed by atoms with van der Waals surface area (Å²) in [5.74, 6) is 0. The van der Waals surface area contributed by atoms with Crippen LogP contribution >= 0.6 is 0 Å². The Hall–Kier alpha value is -0.502. The summed E-state index contributed by atoms with van der Waals surface area (Å²) in [4.78, 5) is 0. The van der Waals surface area contributed by atoms with E-state index in [-0.39, 0.29) is 5.21 Å². The third kappa shape index (κ3) is 3.03. The number of hydrogen-bond donors (Lipinski definition) is 1. The van der Waals surface area contributed by atoms with Crippen LogP contribution in [0.5, 0.6) is 0 Å². The van der Waals surface area contributed by atoms with Crippen molar-refractivity contribution in [2.75, 3.05) is 0 Å². The van der Waals surface area contributed by atoms with Gasteiger partial charge in [0, 0.05) is 0 Å². The standard InChI is InChI=1S/C9H13AsO3/c1-8(11)7-10(12,13)9-5-3-2-4-6-9/h2-6,8,11H,7H2,1H3,(H,12,13)/p-1. The van der Waals surface area contributed by atoms with Crippen molar-refractivity contribution < 1.29 is 12.9 Å². The molecular formula is C9H12AsO3-. The van der Waals surface area contributed by atoms with Crippen LogP contribution in [0.4, 0.5) is 0 Å². The molecule has 13 heavy (non-hydrogen) atoms. The van der Waals surface area contributed by atoms with E-state index in [0.29, 0.717) is 4.35 Å². The second kappa shape index (κ2) is 4.14. The summed E-state index contributed by atoms with van der Waals surface area (Å²) < 4.78 is 23.5. The van der Waals surface area contributed by atoms with Crippen molar-refractivity contribution in [3.05, 3.63) is 30.3 Å². The van der Waals surface area contributed by atoms with Crippen LogP contribution in [0.1, 0.15) is 6.92 Å². The van der Waals surface area contributed by atoms with Crippen LogP contribution in [0.2, 0.25) is 5.21 Å². The van der Waals surface area contributed by atoms with E-state index in [1.807, 2.05) is 0 Å². The number of rotatable bonds is 3. The van der Waals surface area contributed by atoms with Gasteiger partial charge < -0.3 is 0 Å². The fourth-order valence-electron chi connectivity index (χ4n) is 1.11. The van der Waals surface area contributed by atoms with Gasteiger partial charge in [0.15, 0.2) is 0 Å². The van der Waals surface area contributed by atoms with Crippen LogP contribution in [-0.2, 0) is 3.74 Å². The maximum absolute atomic E-state index is 11.6. The topological polar surface area (TPSA) is 60.4 Å². The molecule has 0 saturated heterocycles. The van der Waals surface area contributed by atoms with Gasteiger partial charge in [-0.15, -0.1) is 0 Å². The van der Waals surface area contributed by atoms with Gasteiger partial charge in [0.25, 0.3) is 0 Å². The van der Waals surface area contributed by atoms with Crippen LogP contribution in [0.3, 0.4) is 0 Å². The number of aliphatic hydroxyl groups excluding tert-OH is 1. The number of aliphatic hydroxyl groups is 1. The molecule has 0 aliphatic heterocycles. The zero-order valence-electron chi connectivity index (χ0n) is 7.38. The third-order valence-corrected chi connectivity index (χ3v) is 6.05. The van der Waals surface area contributed by atoms with Crippen LogP contribution in [0.15, 0.2) is 30.3 Å². The normalized spacial score (nSPS) is 17.8. The predicted molar refractivity (Wildman–Crippen MR) is 49.0 cm³/mol. The molecule has 0 spiro atoms. The van der Waals surface area contributed by atoms with E-state index < -0.39 is 19.9 Å². The Morgan fingerprint density at radius 3 is 2.46 bits per heavy atom. The first-order valence-corrected chi connectivity index (χ1v) is 7.86. The number of benzene rings is 1. The van der Waals surface area contributed by atoms with Crippen LogP contribution in [-0.4, -0.2) is 25.0 Å². The molecular weight excluding hydrogens is 231 g/mol. The molecule has 0 saturated carbocycles. The van der Waals surface area contributed by atoms with E-state index in [1.165, 1.54) is 6.92 Å². The molecule has 72 valence electrons. The van der Waals surface area contributed by atoms with Crippen LogP contribution < -0.4 is 8.45 Å². The minimum atomic E-state index is -4.24. The first-order chi connectivity index (χ1) is 6.02. The quantitative estimate of drug-likeness (QED) is 0.728. The molecule has 0 aliphatic rings. The predicted octanol–water partition coefficient (Wildman–Crippen LogP) is -0.493. The van der Waals surface area contributed by atoms with Crippen molar-refractivity contribution >= 4 is 18.2 Å². The van der Waals surface area contributed by atoms with Crippen molar-refractivity contribution in [2.45, 2.75) is 18.2 Å². The summed E-state index contributed by atoms with van der Waals surface area (Å²) in [6.07, 6.45) is -0.789. The van der Waals surface area contributed by atoms with E-state index in [2.05, 4.69) is 0 Å².